The van der Waals surface area contributed by atoms with E-state index in [1.165, 1.54) is 18.4 Å². The van der Waals surface area contributed by atoms with Gasteiger partial charge < -0.3 is 20.1 Å². The Bertz CT molecular complexity index is 637. The van der Waals surface area contributed by atoms with Gasteiger partial charge in [-0.25, -0.2) is 0 Å². The van der Waals surface area contributed by atoms with Crippen LogP contribution >= 0.6 is 0 Å². The molecule has 2 N–H and O–H groups in total. The highest BCUT2D eigenvalue weighted by Crippen LogP contribution is 2.27. The number of aliphatic imine (C=N–C) groups is 1. The van der Waals surface area contributed by atoms with Gasteiger partial charge in [-0.2, -0.15) is 0 Å². The summed E-state index contributed by atoms with van der Waals surface area (Å²) >= 11 is 0. The fraction of sp³-hybridized carbons (Fsp3) is 0.682. The highest BCUT2D eigenvalue weighted by molar-refractivity contribution is 5.79. The molecular formula is C22H36N4O2. The summed E-state index contributed by atoms with van der Waals surface area (Å²) in [6, 6.07) is 8.74. The summed E-state index contributed by atoms with van der Waals surface area (Å²) in [6.45, 7) is 9.75. The van der Waals surface area contributed by atoms with Crippen LogP contribution in [-0.2, 0) is 4.74 Å². The molecule has 1 aromatic rings. The molecule has 2 saturated heterocycles. The van der Waals surface area contributed by atoms with Gasteiger partial charge in [-0.3, -0.25) is 9.89 Å². The zero-order valence-corrected chi connectivity index (χ0v) is 17.7. The maximum atomic E-state index is 5.89. The standard InChI is InChI=1S/C22H36N4O2/c1-4-23-21(25-17-22(2)11-8-14-28-22)24-16-20(26-12-5-6-13-26)18-9-7-10-19(15-18)27-3/h7,9-10,15,20H,4-6,8,11-14,16-17H2,1-3H3,(H2,23,24,25). The van der Waals surface area contributed by atoms with E-state index in [9.17, 15) is 0 Å². The third kappa shape index (κ3) is 5.61. The summed E-state index contributed by atoms with van der Waals surface area (Å²) in [4.78, 5) is 7.38. The molecule has 0 radical (unpaired) electrons. The average molecular weight is 389 g/mol. The smallest absolute Gasteiger partial charge is 0.191 e. The summed E-state index contributed by atoms with van der Waals surface area (Å²) in [5, 5.41) is 6.96. The SMILES string of the molecule is CCNC(=NCC1(C)CCCO1)NCC(c1cccc(OC)c1)N1CCCC1. The Balaban J connectivity index is 1.69. The van der Waals surface area contributed by atoms with Crippen molar-refractivity contribution in [2.75, 3.05) is 46.4 Å². The second-order valence-electron chi connectivity index (χ2n) is 8.01. The number of ether oxygens (including phenoxy) is 2. The lowest BCUT2D eigenvalue weighted by atomic mass is 10.0. The van der Waals surface area contributed by atoms with E-state index in [1.54, 1.807) is 7.11 Å². The highest BCUT2D eigenvalue weighted by Gasteiger charge is 2.29. The second kappa shape index (κ2) is 10.1. The number of rotatable bonds is 8. The molecule has 0 bridgehead atoms. The molecule has 6 heteroatoms. The van der Waals surface area contributed by atoms with Gasteiger partial charge >= 0.3 is 0 Å². The second-order valence-corrected chi connectivity index (χ2v) is 8.01. The van der Waals surface area contributed by atoms with Crippen molar-refractivity contribution in [2.24, 2.45) is 4.99 Å². The third-order valence-electron chi connectivity index (χ3n) is 5.74. The minimum atomic E-state index is -0.122. The number of benzene rings is 1. The minimum absolute atomic E-state index is 0.122. The summed E-state index contributed by atoms with van der Waals surface area (Å²) in [5.41, 5.74) is 1.17. The van der Waals surface area contributed by atoms with Crippen molar-refractivity contribution in [3.05, 3.63) is 29.8 Å². The highest BCUT2D eigenvalue weighted by atomic mass is 16.5. The van der Waals surface area contributed by atoms with Crippen molar-refractivity contribution in [1.82, 2.24) is 15.5 Å². The van der Waals surface area contributed by atoms with Crippen molar-refractivity contribution in [3.63, 3.8) is 0 Å². The normalized spacial score (nSPS) is 24.3. The van der Waals surface area contributed by atoms with Gasteiger partial charge in [-0.05, 0) is 70.3 Å². The summed E-state index contributed by atoms with van der Waals surface area (Å²) < 4.78 is 11.3. The molecule has 28 heavy (non-hydrogen) atoms. The predicted octanol–water partition coefficient (Wildman–Crippen LogP) is 2.96. The lowest BCUT2D eigenvalue weighted by Crippen LogP contribution is -2.43. The first-order chi connectivity index (χ1) is 13.6. The molecule has 2 aliphatic rings. The third-order valence-corrected chi connectivity index (χ3v) is 5.74. The topological polar surface area (TPSA) is 58.1 Å². The first kappa shape index (κ1) is 20.9. The van der Waals surface area contributed by atoms with Crippen molar-refractivity contribution < 1.29 is 9.47 Å². The molecular weight excluding hydrogens is 352 g/mol. The molecule has 2 fully saturated rings. The maximum Gasteiger partial charge on any atom is 0.191 e. The van der Waals surface area contributed by atoms with E-state index in [0.717, 1.165) is 57.3 Å². The Hall–Kier alpha value is -1.79. The van der Waals surface area contributed by atoms with E-state index >= 15 is 0 Å². The summed E-state index contributed by atoms with van der Waals surface area (Å²) in [7, 11) is 1.73. The number of nitrogens with one attached hydrogen (secondary N) is 2. The van der Waals surface area contributed by atoms with Crippen LogP contribution in [0, 0.1) is 0 Å². The molecule has 2 aliphatic heterocycles. The number of hydrogen-bond donors (Lipinski definition) is 2. The minimum Gasteiger partial charge on any atom is -0.497 e. The molecule has 0 spiro atoms. The van der Waals surface area contributed by atoms with Crippen LogP contribution in [0.1, 0.15) is 51.1 Å². The monoisotopic (exact) mass is 388 g/mol. The molecule has 2 heterocycles. The van der Waals surface area contributed by atoms with Crippen molar-refractivity contribution in [2.45, 2.75) is 51.2 Å². The number of guanidine groups is 1. The van der Waals surface area contributed by atoms with Crippen LogP contribution in [0.4, 0.5) is 0 Å². The van der Waals surface area contributed by atoms with Gasteiger partial charge in [0.2, 0.25) is 0 Å². The zero-order chi connectivity index (χ0) is 19.8. The molecule has 156 valence electrons. The van der Waals surface area contributed by atoms with Crippen LogP contribution in [0.15, 0.2) is 29.3 Å². The van der Waals surface area contributed by atoms with E-state index in [4.69, 9.17) is 14.5 Å². The Morgan fingerprint density at radius 2 is 2.11 bits per heavy atom. The molecule has 6 nitrogen and oxygen atoms in total. The van der Waals surface area contributed by atoms with Crippen molar-refractivity contribution >= 4 is 5.96 Å². The Morgan fingerprint density at radius 3 is 2.79 bits per heavy atom. The molecule has 1 aromatic carbocycles. The van der Waals surface area contributed by atoms with Crippen LogP contribution in [0.5, 0.6) is 5.75 Å². The molecule has 2 atom stereocenters. The van der Waals surface area contributed by atoms with Gasteiger partial charge in [-0.1, -0.05) is 12.1 Å². The van der Waals surface area contributed by atoms with Gasteiger partial charge in [0.25, 0.3) is 0 Å². The van der Waals surface area contributed by atoms with E-state index in [2.05, 4.69) is 47.6 Å². The molecule has 0 aliphatic carbocycles. The Labute approximate surface area is 169 Å². The number of methoxy groups -OCH3 is 1. The summed E-state index contributed by atoms with van der Waals surface area (Å²) in [5.74, 6) is 1.78. The predicted molar refractivity (Wildman–Crippen MR) is 114 cm³/mol. The molecule has 0 amide bonds. The number of likely N-dealkylation sites (tertiary alicyclic amines) is 1. The fourth-order valence-corrected chi connectivity index (χ4v) is 4.10. The zero-order valence-electron chi connectivity index (χ0n) is 17.7. The first-order valence-electron chi connectivity index (χ1n) is 10.7. The lowest BCUT2D eigenvalue weighted by Gasteiger charge is -2.29. The molecule has 0 aromatic heterocycles. The van der Waals surface area contributed by atoms with Gasteiger partial charge in [0, 0.05) is 19.7 Å². The van der Waals surface area contributed by atoms with Crippen molar-refractivity contribution in [3.8, 4) is 5.75 Å². The number of nitrogens with zero attached hydrogens (tertiary/aromatic N) is 2. The maximum absolute atomic E-state index is 5.89. The molecule has 2 unspecified atom stereocenters. The van der Waals surface area contributed by atoms with Gasteiger partial charge in [0.05, 0.1) is 25.3 Å². The van der Waals surface area contributed by atoms with Crippen LogP contribution in [0.3, 0.4) is 0 Å². The van der Waals surface area contributed by atoms with Crippen LogP contribution in [-0.4, -0.2) is 62.9 Å². The average Bonchev–Trinajstić information content (AvgIpc) is 3.39. The molecule has 0 saturated carbocycles. The quantitative estimate of drug-likeness (QED) is 0.530. The lowest BCUT2D eigenvalue weighted by molar-refractivity contribution is 0.0283. The summed E-state index contributed by atoms with van der Waals surface area (Å²) in [6.07, 6.45) is 4.74. The van der Waals surface area contributed by atoms with Crippen LogP contribution in [0.2, 0.25) is 0 Å². The fourth-order valence-electron chi connectivity index (χ4n) is 4.10. The van der Waals surface area contributed by atoms with E-state index in [-0.39, 0.29) is 5.60 Å². The first-order valence-corrected chi connectivity index (χ1v) is 10.7. The van der Waals surface area contributed by atoms with Gasteiger partial charge in [-0.15, -0.1) is 0 Å². The van der Waals surface area contributed by atoms with Crippen LogP contribution in [0.25, 0.3) is 0 Å². The van der Waals surface area contributed by atoms with Crippen LogP contribution < -0.4 is 15.4 Å². The van der Waals surface area contributed by atoms with Crippen molar-refractivity contribution in [1.29, 1.82) is 0 Å². The van der Waals surface area contributed by atoms with Gasteiger partial charge in [0.1, 0.15) is 5.75 Å². The van der Waals surface area contributed by atoms with E-state index in [1.807, 2.05) is 6.07 Å². The van der Waals surface area contributed by atoms with E-state index < -0.39 is 0 Å². The molecule has 3 rings (SSSR count). The Morgan fingerprint density at radius 1 is 1.29 bits per heavy atom. The van der Waals surface area contributed by atoms with E-state index in [0.29, 0.717) is 12.6 Å². The number of hydrogen-bond acceptors (Lipinski definition) is 4. The largest absolute Gasteiger partial charge is 0.497 e. The van der Waals surface area contributed by atoms with Gasteiger partial charge in [0.15, 0.2) is 5.96 Å². The Kier molecular flexibility index (Phi) is 7.57.